The molecule has 0 radical (unpaired) electrons. The zero-order valence-corrected chi connectivity index (χ0v) is 26.2. The van der Waals surface area contributed by atoms with E-state index in [4.69, 9.17) is 23.7 Å². The van der Waals surface area contributed by atoms with Crippen LogP contribution in [0.4, 0.5) is 0 Å². The molecule has 0 aromatic carbocycles. The van der Waals surface area contributed by atoms with Crippen LogP contribution in [0.5, 0.6) is 0 Å². The predicted molar refractivity (Wildman–Crippen MR) is 147 cm³/mol. The molecule has 0 heterocycles. The lowest BCUT2D eigenvalue weighted by atomic mass is 9.52. The Bertz CT molecular complexity index is 1180. The van der Waals surface area contributed by atoms with Crippen molar-refractivity contribution in [3.05, 3.63) is 11.1 Å². The minimum absolute atomic E-state index is 0.109. The number of carbonyl (C=O) groups is 5. The molecule has 3 N–H and O–H groups in total. The van der Waals surface area contributed by atoms with Crippen LogP contribution in [-0.2, 0) is 47.7 Å². The molecule has 10 unspecified atom stereocenters. The van der Waals surface area contributed by atoms with Gasteiger partial charge in [0.2, 0.25) is 0 Å². The zero-order valence-electron chi connectivity index (χ0n) is 26.2. The first kappa shape index (κ1) is 34.5. The van der Waals surface area contributed by atoms with E-state index in [1.165, 1.54) is 27.7 Å². The van der Waals surface area contributed by atoms with Gasteiger partial charge in [-0.1, -0.05) is 6.92 Å². The molecule has 43 heavy (non-hydrogen) atoms. The molecule has 2 saturated carbocycles. The van der Waals surface area contributed by atoms with E-state index in [1.54, 1.807) is 13.8 Å². The van der Waals surface area contributed by atoms with Gasteiger partial charge in [-0.2, -0.15) is 0 Å². The van der Waals surface area contributed by atoms with Gasteiger partial charge in [-0.15, -0.1) is 0 Å². The van der Waals surface area contributed by atoms with E-state index < -0.39 is 94.7 Å². The molecule has 0 amide bonds. The molecule has 10 atom stereocenters. The topological polar surface area (TPSA) is 192 Å². The predicted octanol–water partition coefficient (Wildman–Crippen LogP) is 1.13. The van der Waals surface area contributed by atoms with Gasteiger partial charge in [0.1, 0.15) is 30.5 Å². The van der Waals surface area contributed by atoms with Crippen molar-refractivity contribution in [3.8, 4) is 0 Å². The highest BCUT2D eigenvalue weighted by molar-refractivity contribution is 5.69. The van der Waals surface area contributed by atoms with Gasteiger partial charge >= 0.3 is 29.8 Å². The smallest absolute Gasteiger partial charge is 0.303 e. The number of carbonyl (C=O) groups excluding carboxylic acids is 5. The molecule has 13 heteroatoms. The van der Waals surface area contributed by atoms with Crippen molar-refractivity contribution in [2.75, 3.05) is 6.61 Å². The highest BCUT2D eigenvalue weighted by atomic mass is 16.6. The molecule has 3 aliphatic rings. The van der Waals surface area contributed by atoms with Crippen molar-refractivity contribution in [2.45, 2.75) is 117 Å². The lowest BCUT2D eigenvalue weighted by molar-refractivity contribution is -0.248. The van der Waals surface area contributed by atoms with E-state index in [-0.39, 0.29) is 30.6 Å². The number of hydrogen-bond acceptors (Lipinski definition) is 13. The Kier molecular flexibility index (Phi) is 9.75. The van der Waals surface area contributed by atoms with Gasteiger partial charge in [0.15, 0.2) is 0 Å². The van der Waals surface area contributed by atoms with Crippen molar-refractivity contribution >= 4 is 29.8 Å². The minimum atomic E-state index is -1.80. The first-order chi connectivity index (χ1) is 19.7. The summed E-state index contributed by atoms with van der Waals surface area (Å²) in [5.74, 6) is -5.81. The fourth-order valence-corrected chi connectivity index (χ4v) is 7.93. The van der Waals surface area contributed by atoms with Gasteiger partial charge in [-0.25, -0.2) is 0 Å². The number of esters is 5. The fraction of sp³-hybridized carbons (Fsp3) is 0.767. The summed E-state index contributed by atoms with van der Waals surface area (Å²) in [6.45, 7) is 11.5. The Morgan fingerprint density at radius 3 is 1.81 bits per heavy atom. The van der Waals surface area contributed by atoms with Gasteiger partial charge in [0.05, 0.1) is 29.1 Å². The van der Waals surface area contributed by atoms with Crippen molar-refractivity contribution in [2.24, 2.45) is 22.7 Å². The Morgan fingerprint density at radius 2 is 1.35 bits per heavy atom. The standard InChI is InChI=1S/C30H44O13/c1-13-20(36)11-30(28(7,8)38)23(13)25(37)27(43-18(6)35)29(9)22(41-16(4)33)10-21(40-15(3)32)19(12-39-14(2)31)24(29)26(30)42-17(5)34/h19-22,24-27,36-38H,10-12H2,1-9H3. The second-order valence-electron chi connectivity index (χ2n) is 12.7. The molecule has 242 valence electrons. The monoisotopic (exact) mass is 612 g/mol. The van der Waals surface area contributed by atoms with Crippen molar-refractivity contribution in [3.63, 3.8) is 0 Å². The average Bonchev–Trinajstić information content (AvgIpc) is 3.08. The van der Waals surface area contributed by atoms with E-state index in [9.17, 15) is 39.3 Å². The van der Waals surface area contributed by atoms with Crippen LogP contribution in [0.2, 0.25) is 0 Å². The minimum Gasteiger partial charge on any atom is -0.465 e. The lowest BCUT2D eigenvalue weighted by Gasteiger charge is -2.58. The number of aliphatic hydroxyl groups is 3. The highest BCUT2D eigenvalue weighted by Crippen LogP contribution is 2.66. The molecule has 0 aromatic rings. The molecule has 2 fully saturated rings. The Balaban J connectivity index is 2.56. The van der Waals surface area contributed by atoms with Crippen LogP contribution < -0.4 is 0 Å². The molecule has 3 aliphatic carbocycles. The van der Waals surface area contributed by atoms with Crippen LogP contribution in [0.25, 0.3) is 0 Å². The van der Waals surface area contributed by atoms with Crippen molar-refractivity contribution < 1.29 is 63.0 Å². The van der Waals surface area contributed by atoms with Gasteiger partial charge < -0.3 is 39.0 Å². The molecule has 0 aromatic heterocycles. The molecule has 0 saturated heterocycles. The third kappa shape index (κ3) is 6.03. The number of fused-ring (bicyclic) bond motifs is 2. The molecular formula is C30H44O13. The second-order valence-corrected chi connectivity index (χ2v) is 12.7. The summed E-state index contributed by atoms with van der Waals surface area (Å²) in [7, 11) is 0. The first-order valence-electron chi connectivity index (χ1n) is 14.3. The Hall–Kier alpha value is -3.03. The SMILES string of the molecule is CC(=O)OCC1C(OC(C)=O)CC(OC(C)=O)C2(C)C(OC(C)=O)C(O)C3=C(C)C(O)CC3(C(C)(C)O)C(OC(C)=O)C12. The van der Waals surface area contributed by atoms with Gasteiger partial charge in [0, 0.05) is 52.9 Å². The van der Waals surface area contributed by atoms with Crippen molar-refractivity contribution in [1.29, 1.82) is 0 Å². The van der Waals surface area contributed by atoms with Crippen LogP contribution in [0, 0.1) is 22.7 Å². The molecule has 13 nitrogen and oxygen atoms in total. The molecule has 0 aliphatic heterocycles. The van der Waals surface area contributed by atoms with E-state index in [0.29, 0.717) is 0 Å². The summed E-state index contributed by atoms with van der Waals surface area (Å²) in [6, 6.07) is 0. The zero-order chi connectivity index (χ0) is 32.8. The summed E-state index contributed by atoms with van der Waals surface area (Å²) in [5.41, 5.74) is -4.71. The quantitative estimate of drug-likeness (QED) is 0.211. The number of hydrogen-bond donors (Lipinski definition) is 3. The third-order valence-electron chi connectivity index (χ3n) is 9.51. The number of ether oxygens (including phenoxy) is 5. The second kappa shape index (κ2) is 12.2. The first-order valence-corrected chi connectivity index (χ1v) is 14.3. The van der Waals surface area contributed by atoms with Crippen LogP contribution in [0.15, 0.2) is 11.1 Å². The normalized spacial score (nSPS) is 37.3. The van der Waals surface area contributed by atoms with Crippen LogP contribution >= 0.6 is 0 Å². The Labute approximate surface area is 250 Å². The Morgan fingerprint density at radius 1 is 0.837 bits per heavy atom. The van der Waals surface area contributed by atoms with Crippen LogP contribution in [0.1, 0.15) is 75.2 Å². The summed E-state index contributed by atoms with van der Waals surface area (Å²) in [4.78, 5) is 62.4. The third-order valence-corrected chi connectivity index (χ3v) is 9.51. The van der Waals surface area contributed by atoms with Crippen LogP contribution in [-0.4, -0.2) is 94.0 Å². The van der Waals surface area contributed by atoms with Crippen LogP contribution in [0.3, 0.4) is 0 Å². The van der Waals surface area contributed by atoms with E-state index in [0.717, 1.165) is 20.8 Å². The number of rotatable bonds is 7. The maximum atomic E-state index is 12.9. The summed E-state index contributed by atoms with van der Waals surface area (Å²) in [6.07, 6.45) is -8.41. The maximum absolute atomic E-state index is 12.9. The fourth-order valence-electron chi connectivity index (χ4n) is 7.93. The molecule has 0 bridgehead atoms. The van der Waals surface area contributed by atoms with E-state index >= 15 is 0 Å². The van der Waals surface area contributed by atoms with Gasteiger partial charge in [0.25, 0.3) is 0 Å². The lowest BCUT2D eigenvalue weighted by Crippen LogP contribution is -2.67. The number of aliphatic hydroxyl groups excluding tert-OH is 2. The average molecular weight is 613 g/mol. The van der Waals surface area contributed by atoms with Gasteiger partial charge in [-0.3, -0.25) is 24.0 Å². The van der Waals surface area contributed by atoms with E-state index in [1.807, 2.05) is 0 Å². The molecule has 3 rings (SSSR count). The highest BCUT2D eigenvalue weighted by Gasteiger charge is 2.74. The summed E-state index contributed by atoms with van der Waals surface area (Å²) >= 11 is 0. The van der Waals surface area contributed by atoms with Gasteiger partial charge in [-0.05, 0) is 38.3 Å². The molecular weight excluding hydrogens is 568 g/mol. The van der Waals surface area contributed by atoms with Crippen molar-refractivity contribution in [1.82, 2.24) is 0 Å². The van der Waals surface area contributed by atoms with E-state index in [2.05, 4.69) is 0 Å². The summed E-state index contributed by atoms with van der Waals surface area (Å²) in [5, 5.41) is 35.3. The largest absolute Gasteiger partial charge is 0.465 e. The maximum Gasteiger partial charge on any atom is 0.303 e. The summed E-state index contributed by atoms with van der Waals surface area (Å²) < 4.78 is 28.8. The molecule has 0 spiro atoms.